The Labute approximate surface area is 146 Å². The maximum atomic E-state index is 12.4. The molecule has 3 rings (SSSR count). The standard InChI is InChI=1S/C14H13N3O4S3/c1-17-7-12(15-8-17)24(19,20)16-9-6-11(10-4-3-5-22-10)23-13(9)14(18)21-2/h3-8,16H,1-2H3. The molecule has 0 aliphatic rings. The predicted octanol–water partition coefficient (Wildman–Crippen LogP) is 2.80. The quantitative estimate of drug-likeness (QED) is 0.684. The molecule has 1 N–H and O–H groups in total. The molecule has 0 radical (unpaired) electrons. The van der Waals surface area contributed by atoms with Crippen molar-refractivity contribution < 1.29 is 17.9 Å². The summed E-state index contributed by atoms with van der Waals surface area (Å²) >= 11 is 2.67. The van der Waals surface area contributed by atoms with E-state index >= 15 is 0 Å². The van der Waals surface area contributed by atoms with E-state index in [1.807, 2.05) is 17.5 Å². The summed E-state index contributed by atoms with van der Waals surface area (Å²) < 4.78 is 33.6. The van der Waals surface area contributed by atoms with Gasteiger partial charge in [-0.3, -0.25) is 4.72 Å². The number of aromatic nitrogens is 2. The molecule has 0 bridgehead atoms. The molecule has 0 spiro atoms. The van der Waals surface area contributed by atoms with Crippen LogP contribution in [0.25, 0.3) is 9.75 Å². The van der Waals surface area contributed by atoms with Crippen LogP contribution in [-0.4, -0.2) is 31.0 Å². The van der Waals surface area contributed by atoms with Gasteiger partial charge >= 0.3 is 5.97 Å². The van der Waals surface area contributed by atoms with Crippen molar-refractivity contribution in [2.45, 2.75) is 5.03 Å². The average Bonchev–Trinajstić information content (AvgIpc) is 3.25. The lowest BCUT2D eigenvalue weighted by Crippen LogP contribution is -2.15. The first-order valence-electron chi connectivity index (χ1n) is 6.67. The molecular formula is C14H13N3O4S3. The van der Waals surface area contributed by atoms with Crippen LogP contribution in [0.5, 0.6) is 0 Å². The number of ether oxygens (including phenoxy) is 1. The smallest absolute Gasteiger partial charge is 0.350 e. The Morgan fingerprint density at radius 1 is 1.38 bits per heavy atom. The van der Waals surface area contributed by atoms with Crippen molar-refractivity contribution in [3.63, 3.8) is 0 Å². The van der Waals surface area contributed by atoms with Gasteiger partial charge in [-0.15, -0.1) is 22.7 Å². The van der Waals surface area contributed by atoms with E-state index in [4.69, 9.17) is 4.74 Å². The number of thiophene rings is 2. The Bertz CT molecular complexity index is 971. The lowest BCUT2D eigenvalue weighted by molar-refractivity contribution is 0.0607. The largest absolute Gasteiger partial charge is 0.465 e. The Hall–Kier alpha value is -2.17. The lowest BCUT2D eigenvalue weighted by Gasteiger charge is -2.05. The van der Waals surface area contributed by atoms with E-state index in [9.17, 15) is 13.2 Å². The first-order valence-corrected chi connectivity index (χ1v) is 9.85. The number of anilines is 1. The molecule has 3 aromatic rings. The molecule has 0 unspecified atom stereocenters. The number of hydrogen-bond acceptors (Lipinski definition) is 7. The van der Waals surface area contributed by atoms with Crippen LogP contribution in [-0.2, 0) is 21.8 Å². The summed E-state index contributed by atoms with van der Waals surface area (Å²) in [6.45, 7) is 0. The van der Waals surface area contributed by atoms with E-state index in [2.05, 4.69) is 9.71 Å². The number of rotatable bonds is 5. The first-order chi connectivity index (χ1) is 11.4. The second-order valence-electron chi connectivity index (χ2n) is 4.81. The monoisotopic (exact) mass is 383 g/mol. The van der Waals surface area contributed by atoms with Gasteiger partial charge in [-0.25, -0.2) is 9.78 Å². The zero-order valence-electron chi connectivity index (χ0n) is 12.7. The minimum atomic E-state index is -3.89. The fourth-order valence-electron chi connectivity index (χ4n) is 1.98. The van der Waals surface area contributed by atoms with Crippen LogP contribution in [0.3, 0.4) is 0 Å². The normalized spacial score (nSPS) is 11.4. The van der Waals surface area contributed by atoms with Gasteiger partial charge in [0.15, 0.2) is 5.03 Å². The van der Waals surface area contributed by atoms with Crippen molar-refractivity contribution in [1.29, 1.82) is 0 Å². The van der Waals surface area contributed by atoms with Gasteiger partial charge in [0.2, 0.25) is 0 Å². The summed E-state index contributed by atoms with van der Waals surface area (Å²) in [4.78, 5) is 17.7. The third kappa shape index (κ3) is 3.21. The molecule has 0 saturated heterocycles. The molecule has 0 amide bonds. The van der Waals surface area contributed by atoms with Crippen LogP contribution in [0.4, 0.5) is 5.69 Å². The molecule has 0 saturated carbocycles. The van der Waals surface area contributed by atoms with E-state index in [0.29, 0.717) is 0 Å². The predicted molar refractivity (Wildman–Crippen MR) is 93.0 cm³/mol. The number of nitrogens with one attached hydrogen (secondary N) is 1. The highest BCUT2D eigenvalue weighted by molar-refractivity contribution is 7.92. The van der Waals surface area contributed by atoms with Gasteiger partial charge in [-0.2, -0.15) is 8.42 Å². The first kappa shape index (κ1) is 16.7. The van der Waals surface area contributed by atoms with Crippen LogP contribution in [0.2, 0.25) is 0 Å². The zero-order valence-corrected chi connectivity index (χ0v) is 15.2. The number of hydrogen-bond donors (Lipinski definition) is 1. The SMILES string of the molecule is COC(=O)c1sc(-c2cccs2)cc1NS(=O)(=O)c1cn(C)cn1. The van der Waals surface area contributed by atoms with Crippen molar-refractivity contribution in [3.8, 4) is 9.75 Å². The number of nitrogens with zero attached hydrogens (tertiary/aromatic N) is 2. The number of sulfonamides is 1. The van der Waals surface area contributed by atoms with Crippen LogP contribution < -0.4 is 4.72 Å². The van der Waals surface area contributed by atoms with Crippen LogP contribution in [0, 0.1) is 0 Å². The molecule has 0 atom stereocenters. The Morgan fingerprint density at radius 3 is 2.75 bits per heavy atom. The van der Waals surface area contributed by atoms with E-state index in [0.717, 1.165) is 9.75 Å². The Balaban J connectivity index is 2.01. The second-order valence-corrected chi connectivity index (χ2v) is 8.43. The molecule has 0 aliphatic carbocycles. The third-order valence-corrected chi connectivity index (χ3v) is 6.50. The van der Waals surface area contributed by atoms with E-state index in [1.165, 1.54) is 46.9 Å². The van der Waals surface area contributed by atoms with Crippen molar-refractivity contribution in [2.75, 3.05) is 11.8 Å². The van der Waals surface area contributed by atoms with E-state index in [1.54, 1.807) is 13.1 Å². The summed E-state index contributed by atoms with van der Waals surface area (Å²) in [7, 11) is -0.966. The summed E-state index contributed by atoms with van der Waals surface area (Å²) in [6, 6.07) is 5.41. The van der Waals surface area contributed by atoms with Crippen molar-refractivity contribution in [3.05, 3.63) is 41.0 Å². The molecule has 3 aromatic heterocycles. The van der Waals surface area contributed by atoms with Crippen LogP contribution >= 0.6 is 22.7 Å². The highest BCUT2D eigenvalue weighted by Crippen LogP contribution is 2.38. The zero-order chi connectivity index (χ0) is 17.3. The van der Waals surface area contributed by atoms with Crippen LogP contribution in [0.1, 0.15) is 9.67 Å². The van der Waals surface area contributed by atoms with Gasteiger partial charge in [0.25, 0.3) is 10.0 Å². The summed E-state index contributed by atoms with van der Waals surface area (Å²) in [5.74, 6) is -0.596. The molecule has 24 heavy (non-hydrogen) atoms. The average molecular weight is 383 g/mol. The molecule has 0 fully saturated rings. The van der Waals surface area contributed by atoms with Gasteiger partial charge in [-0.05, 0) is 17.5 Å². The number of imidazole rings is 1. The lowest BCUT2D eigenvalue weighted by atomic mass is 10.3. The summed E-state index contributed by atoms with van der Waals surface area (Å²) in [5, 5.41) is 1.79. The van der Waals surface area contributed by atoms with Gasteiger partial charge in [0.05, 0.1) is 19.1 Å². The molecule has 126 valence electrons. The minimum absolute atomic E-state index is 0.121. The third-order valence-electron chi connectivity index (χ3n) is 3.07. The fourth-order valence-corrected chi connectivity index (χ4v) is 4.94. The van der Waals surface area contributed by atoms with Gasteiger partial charge in [-0.1, -0.05) is 6.07 Å². The van der Waals surface area contributed by atoms with Gasteiger partial charge < -0.3 is 9.30 Å². The Kier molecular flexibility index (Phi) is 4.43. The topological polar surface area (TPSA) is 90.3 Å². The number of carbonyl (C=O) groups excluding carboxylic acids is 1. The van der Waals surface area contributed by atoms with Crippen molar-refractivity contribution in [2.24, 2.45) is 7.05 Å². The molecule has 7 nitrogen and oxygen atoms in total. The highest BCUT2D eigenvalue weighted by Gasteiger charge is 2.24. The number of aryl methyl sites for hydroxylation is 1. The molecule has 0 aromatic carbocycles. The van der Waals surface area contributed by atoms with Crippen molar-refractivity contribution >= 4 is 44.4 Å². The molecule has 10 heteroatoms. The number of methoxy groups -OCH3 is 1. The van der Waals surface area contributed by atoms with Gasteiger partial charge in [0.1, 0.15) is 4.88 Å². The summed E-state index contributed by atoms with van der Waals surface area (Å²) in [5.41, 5.74) is 0.181. The number of carbonyl (C=O) groups is 1. The second kappa shape index (κ2) is 6.38. The number of esters is 1. The fraction of sp³-hybridized carbons (Fsp3) is 0.143. The summed E-state index contributed by atoms with van der Waals surface area (Å²) in [6.07, 6.45) is 2.77. The van der Waals surface area contributed by atoms with Gasteiger partial charge in [0, 0.05) is 23.0 Å². The van der Waals surface area contributed by atoms with E-state index < -0.39 is 16.0 Å². The minimum Gasteiger partial charge on any atom is -0.465 e. The maximum Gasteiger partial charge on any atom is 0.350 e. The molecular weight excluding hydrogens is 370 g/mol. The van der Waals surface area contributed by atoms with E-state index in [-0.39, 0.29) is 15.6 Å². The Morgan fingerprint density at radius 2 is 2.17 bits per heavy atom. The van der Waals surface area contributed by atoms with Crippen molar-refractivity contribution in [1.82, 2.24) is 9.55 Å². The molecule has 3 heterocycles. The molecule has 0 aliphatic heterocycles. The maximum absolute atomic E-state index is 12.4. The van der Waals surface area contributed by atoms with Crippen LogP contribution in [0.15, 0.2) is 41.1 Å². The highest BCUT2D eigenvalue weighted by atomic mass is 32.2.